The van der Waals surface area contributed by atoms with Gasteiger partial charge in [-0.05, 0) is 50.3 Å². The second-order valence-electron chi connectivity index (χ2n) is 8.12. The Morgan fingerprint density at radius 1 is 1.36 bits per heavy atom. The summed E-state index contributed by atoms with van der Waals surface area (Å²) in [6.07, 6.45) is 3.84. The zero-order chi connectivity index (χ0) is 23.1. The van der Waals surface area contributed by atoms with E-state index in [0.29, 0.717) is 17.5 Å². The minimum absolute atomic E-state index is 0.00258. The molecule has 0 saturated heterocycles. The third-order valence-corrected chi connectivity index (χ3v) is 8.18. The molecule has 168 valence electrons. The van der Waals surface area contributed by atoms with Gasteiger partial charge in [0.05, 0.1) is 21.7 Å². The van der Waals surface area contributed by atoms with Crippen molar-refractivity contribution in [2.45, 2.75) is 56.5 Å². The van der Waals surface area contributed by atoms with E-state index in [1.807, 2.05) is 31.2 Å². The number of H-pyrrole nitrogens is 1. The van der Waals surface area contributed by atoms with E-state index in [9.17, 15) is 15.2 Å². The molecule has 5 rings (SSSR count). The second-order valence-corrected chi connectivity index (χ2v) is 10.5. The topological polar surface area (TPSA) is 108 Å². The number of aromatic amines is 1. The van der Waals surface area contributed by atoms with Crippen LogP contribution < -0.4 is 5.56 Å². The summed E-state index contributed by atoms with van der Waals surface area (Å²) in [6.45, 7) is 4.39. The Hall–Kier alpha value is -3.09. The normalized spacial score (nSPS) is 14.9. The molecule has 9 heteroatoms. The highest BCUT2D eigenvalue weighted by molar-refractivity contribution is 8.00. The fraction of sp³-hybridized carbons (Fsp3) is 0.333. The molecule has 3 heterocycles. The SMILES string of the molecule is CCCn1c(SC(C)/C(O)=C(\C#N)c2nc3ccccc3[nH]2)nc2sc3c(c2c1=O)CCC3. The summed E-state index contributed by atoms with van der Waals surface area (Å²) in [7, 11) is 0. The summed E-state index contributed by atoms with van der Waals surface area (Å²) < 4.78 is 1.72. The first-order chi connectivity index (χ1) is 16.0. The molecule has 0 amide bonds. The van der Waals surface area contributed by atoms with Crippen LogP contribution in [0.3, 0.4) is 0 Å². The monoisotopic (exact) mass is 477 g/mol. The molecule has 1 aliphatic carbocycles. The Morgan fingerprint density at radius 3 is 2.94 bits per heavy atom. The van der Waals surface area contributed by atoms with Gasteiger partial charge < -0.3 is 10.1 Å². The maximum absolute atomic E-state index is 13.4. The molecule has 1 aliphatic rings. The van der Waals surface area contributed by atoms with E-state index in [2.05, 4.69) is 16.0 Å². The smallest absolute Gasteiger partial charge is 0.263 e. The predicted molar refractivity (Wildman–Crippen MR) is 133 cm³/mol. The quantitative estimate of drug-likeness (QED) is 0.171. The molecule has 0 saturated carbocycles. The number of nitrogens with zero attached hydrogens (tertiary/aromatic N) is 4. The number of nitriles is 1. The summed E-state index contributed by atoms with van der Waals surface area (Å²) in [5.74, 6) is 0.236. The predicted octanol–water partition coefficient (Wildman–Crippen LogP) is 5.21. The first kappa shape index (κ1) is 21.7. The van der Waals surface area contributed by atoms with Gasteiger partial charge in [0.15, 0.2) is 11.0 Å². The lowest BCUT2D eigenvalue weighted by atomic mass is 10.2. The van der Waals surface area contributed by atoms with Crippen LogP contribution in [-0.2, 0) is 19.4 Å². The highest BCUT2D eigenvalue weighted by atomic mass is 32.2. The van der Waals surface area contributed by atoms with E-state index in [0.717, 1.165) is 46.9 Å². The van der Waals surface area contributed by atoms with Crippen LogP contribution in [0.15, 0.2) is 40.0 Å². The Morgan fingerprint density at radius 2 is 2.18 bits per heavy atom. The third kappa shape index (κ3) is 3.73. The lowest BCUT2D eigenvalue weighted by Crippen LogP contribution is -2.24. The van der Waals surface area contributed by atoms with Crippen molar-refractivity contribution in [3.8, 4) is 6.07 Å². The van der Waals surface area contributed by atoms with Crippen molar-refractivity contribution in [1.82, 2.24) is 19.5 Å². The van der Waals surface area contributed by atoms with Crippen LogP contribution in [0.2, 0.25) is 0 Å². The van der Waals surface area contributed by atoms with Crippen LogP contribution in [0.25, 0.3) is 26.8 Å². The van der Waals surface area contributed by atoms with E-state index in [4.69, 9.17) is 4.98 Å². The number of para-hydroxylation sites is 2. The van der Waals surface area contributed by atoms with Gasteiger partial charge in [-0.3, -0.25) is 9.36 Å². The van der Waals surface area contributed by atoms with Crippen molar-refractivity contribution in [3.63, 3.8) is 0 Å². The second kappa shape index (κ2) is 8.69. The zero-order valence-corrected chi connectivity index (χ0v) is 20.0. The molecule has 1 unspecified atom stereocenters. The fourth-order valence-electron chi connectivity index (χ4n) is 4.29. The number of fused-ring (bicyclic) bond motifs is 4. The maximum atomic E-state index is 13.4. The largest absolute Gasteiger partial charge is 0.510 e. The summed E-state index contributed by atoms with van der Waals surface area (Å²) in [6, 6.07) is 9.56. The number of aryl methyl sites for hydroxylation is 2. The van der Waals surface area contributed by atoms with E-state index >= 15 is 0 Å². The highest BCUT2D eigenvalue weighted by Crippen LogP contribution is 2.37. The van der Waals surface area contributed by atoms with Gasteiger partial charge in [0.1, 0.15) is 22.2 Å². The number of hydrogen-bond donors (Lipinski definition) is 2. The number of allylic oxidation sites excluding steroid dienone is 1. The lowest BCUT2D eigenvalue weighted by molar-refractivity contribution is 0.401. The van der Waals surface area contributed by atoms with Crippen LogP contribution in [0.1, 0.15) is 43.0 Å². The minimum Gasteiger partial charge on any atom is -0.510 e. The van der Waals surface area contributed by atoms with E-state index in [1.165, 1.54) is 22.2 Å². The van der Waals surface area contributed by atoms with Crippen molar-refractivity contribution in [2.24, 2.45) is 0 Å². The summed E-state index contributed by atoms with van der Waals surface area (Å²) in [5, 5.41) is 21.6. The van der Waals surface area contributed by atoms with Crippen molar-refractivity contribution in [3.05, 3.63) is 56.6 Å². The molecule has 0 fully saturated rings. The van der Waals surface area contributed by atoms with Gasteiger partial charge in [-0.1, -0.05) is 30.8 Å². The third-order valence-electron chi connectivity index (χ3n) is 5.90. The lowest BCUT2D eigenvalue weighted by Gasteiger charge is -2.15. The molecule has 4 aromatic rings. The molecule has 0 radical (unpaired) electrons. The molecule has 0 aliphatic heterocycles. The van der Waals surface area contributed by atoms with Crippen LogP contribution in [0.5, 0.6) is 0 Å². The number of rotatable bonds is 6. The molecule has 3 aromatic heterocycles. The van der Waals surface area contributed by atoms with Crippen molar-refractivity contribution in [2.75, 3.05) is 0 Å². The molecule has 0 bridgehead atoms. The van der Waals surface area contributed by atoms with E-state index < -0.39 is 5.25 Å². The number of aliphatic hydroxyl groups excluding tert-OH is 1. The molecule has 1 aromatic carbocycles. The minimum atomic E-state index is -0.493. The van der Waals surface area contributed by atoms with Gasteiger partial charge in [0, 0.05) is 11.4 Å². The highest BCUT2D eigenvalue weighted by Gasteiger charge is 2.25. The Labute approximate surface area is 198 Å². The maximum Gasteiger partial charge on any atom is 0.263 e. The van der Waals surface area contributed by atoms with Gasteiger partial charge in [0.2, 0.25) is 0 Å². The molecule has 33 heavy (non-hydrogen) atoms. The molecule has 1 atom stereocenters. The summed E-state index contributed by atoms with van der Waals surface area (Å²) >= 11 is 2.90. The van der Waals surface area contributed by atoms with Crippen molar-refractivity contribution >= 4 is 49.9 Å². The van der Waals surface area contributed by atoms with E-state index in [-0.39, 0.29) is 16.9 Å². The number of aromatic nitrogens is 4. The van der Waals surface area contributed by atoms with Crippen LogP contribution in [0, 0.1) is 11.3 Å². The van der Waals surface area contributed by atoms with E-state index in [1.54, 1.807) is 22.8 Å². The van der Waals surface area contributed by atoms with Crippen molar-refractivity contribution in [1.29, 1.82) is 5.26 Å². The molecular weight excluding hydrogens is 454 g/mol. The van der Waals surface area contributed by atoms with Crippen molar-refractivity contribution < 1.29 is 5.11 Å². The number of imidazole rings is 1. The van der Waals surface area contributed by atoms with Gasteiger partial charge >= 0.3 is 0 Å². The molecule has 0 spiro atoms. The average molecular weight is 478 g/mol. The van der Waals surface area contributed by atoms with Gasteiger partial charge in [0.25, 0.3) is 5.56 Å². The Kier molecular flexibility index (Phi) is 5.72. The number of thiophene rings is 1. The number of thioether (sulfide) groups is 1. The molecule has 7 nitrogen and oxygen atoms in total. The number of nitrogens with one attached hydrogen (secondary N) is 1. The summed E-state index contributed by atoms with van der Waals surface area (Å²) in [4.78, 5) is 27.8. The number of benzene rings is 1. The van der Waals surface area contributed by atoms with Crippen LogP contribution in [-0.4, -0.2) is 29.9 Å². The van der Waals surface area contributed by atoms with Gasteiger partial charge in [-0.2, -0.15) is 5.26 Å². The molecule has 2 N–H and O–H groups in total. The Balaban J connectivity index is 1.55. The fourth-order valence-corrected chi connectivity index (χ4v) is 6.59. The zero-order valence-electron chi connectivity index (χ0n) is 18.4. The van der Waals surface area contributed by atoms with Crippen LogP contribution >= 0.6 is 23.1 Å². The van der Waals surface area contributed by atoms with Crippen LogP contribution in [0.4, 0.5) is 0 Å². The average Bonchev–Trinajstić information content (AvgIpc) is 3.50. The molecular formula is C24H23N5O2S2. The van der Waals surface area contributed by atoms with Gasteiger partial charge in [-0.15, -0.1) is 11.3 Å². The summed E-state index contributed by atoms with van der Waals surface area (Å²) in [5.41, 5.74) is 2.77. The standard InChI is InChI=1S/C24H23N5O2S2/c1-3-11-29-23(31)19-14-7-6-10-18(14)33-22(19)28-24(29)32-13(2)20(30)15(12-25)21-26-16-8-4-5-9-17(16)27-21/h4-5,8-9,13,30H,3,6-7,10-11H2,1-2H3,(H,26,27)/b20-15-. The first-order valence-electron chi connectivity index (χ1n) is 11.0. The first-order valence-corrected chi connectivity index (χ1v) is 12.7. The Bertz CT molecular complexity index is 1470. The number of aliphatic hydroxyl groups is 1. The van der Waals surface area contributed by atoms with Gasteiger partial charge in [-0.25, -0.2) is 9.97 Å². The number of hydrogen-bond acceptors (Lipinski definition) is 7.